The van der Waals surface area contributed by atoms with Crippen molar-refractivity contribution in [2.75, 3.05) is 13.7 Å². The highest BCUT2D eigenvalue weighted by molar-refractivity contribution is 5.82. The summed E-state index contributed by atoms with van der Waals surface area (Å²) in [7, 11) is 1.87. The van der Waals surface area contributed by atoms with E-state index in [4.69, 9.17) is 0 Å². The number of nitriles is 1. The van der Waals surface area contributed by atoms with Crippen LogP contribution in [0.4, 0.5) is 0 Å². The first-order chi connectivity index (χ1) is 15.0. The fourth-order valence-electron chi connectivity index (χ4n) is 5.49. The summed E-state index contributed by atoms with van der Waals surface area (Å²) in [6.07, 6.45) is 7.01. The monoisotopic (exact) mass is 415 g/mol. The number of hydrogen-bond donors (Lipinski definition) is 1. The van der Waals surface area contributed by atoms with Gasteiger partial charge in [-0.15, -0.1) is 0 Å². The molecular weight excluding hydrogens is 386 g/mol. The van der Waals surface area contributed by atoms with Gasteiger partial charge in [0.05, 0.1) is 29.9 Å². The number of amides is 1. The average Bonchev–Trinajstić information content (AvgIpc) is 3.03. The van der Waals surface area contributed by atoms with Gasteiger partial charge in [-0.2, -0.15) is 5.26 Å². The van der Waals surface area contributed by atoms with Gasteiger partial charge in [-0.1, -0.05) is 44.2 Å². The lowest BCUT2D eigenvalue weighted by Gasteiger charge is -2.43. The Labute approximate surface area is 184 Å². The lowest BCUT2D eigenvalue weighted by atomic mass is 9.63. The molecule has 5 heteroatoms. The third-order valence-electron chi connectivity index (χ3n) is 7.46. The number of carbonyl (C=O) groups is 1. The van der Waals surface area contributed by atoms with Gasteiger partial charge in [0, 0.05) is 30.4 Å². The van der Waals surface area contributed by atoms with E-state index in [2.05, 4.69) is 31.0 Å². The Kier molecular flexibility index (Phi) is 5.93. The second kappa shape index (κ2) is 8.64. The lowest BCUT2D eigenvalue weighted by molar-refractivity contribution is -0.131. The van der Waals surface area contributed by atoms with Crippen LogP contribution in [0.2, 0.25) is 0 Å². The standard InChI is InChI=1S/C26H29N3O2/c1-16-12-24-25(23(15-30)26(31)29(24)3)21(17(16)2)11-10-20-9-8-19(14-28-20)22-7-5-4-6-18(22)13-27/h4-11,14,16-17,21,23-25,30H,12,15H2,1-3H3/b11-10+/t16-,17+,21-,23+,24+,25+/m0/s1. The molecule has 1 aromatic carbocycles. The van der Waals surface area contributed by atoms with Gasteiger partial charge in [-0.3, -0.25) is 9.78 Å². The number of carbonyl (C=O) groups excluding carboxylic acids is 1. The van der Waals surface area contributed by atoms with E-state index in [0.717, 1.165) is 23.2 Å². The molecule has 0 unspecified atom stereocenters. The zero-order valence-corrected chi connectivity index (χ0v) is 18.3. The maximum absolute atomic E-state index is 12.7. The molecule has 2 heterocycles. The minimum absolute atomic E-state index is 0.0656. The highest BCUT2D eigenvalue weighted by Gasteiger charge is 2.53. The van der Waals surface area contributed by atoms with Crippen LogP contribution in [0.1, 0.15) is 31.5 Å². The molecular formula is C26H29N3O2. The van der Waals surface area contributed by atoms with Crippen molar-refractivity contribution in [3.05, 3.63) is 59.9 Å². The number of benzene rings is 1. The topological polar surface area (TPSA) is 77.2 Å². The Balaban J connectivity index is 1.59. The maximum atomic E-state index is 12.7. The highest BCUT2D eigenvalue weighted by Crippen LogP contribution is 2.48. The number of allylic oxidation sites excluding steroid dienone is 1. The normalized spacial score (nSPS) is 30.4. The van der Waals surface area contributed by atoms with E-state index in [-0.39, 0.29) is 36.3 Å². The summed E-state index contributed by atoms with van der Waals surface area (Å²) in [6.45, 7) is 4.41. The zero-order chi connectivity index (χ0) is 22.1. The number of pyridine rings is 1. The molecule has 0 spiro atoms. The van der Waals surface area contributed by atoms with E-state index in [9.17, 15) is 15.2 Å². The van der Waals surface area contributed by atoms with E-state index in [1.807, 2.05) is 54.4 Å². The smallest absolute Gasteiger partial charge is 0.228 e. The molecule has 2 fully saturated rings. The number of aromatic nitrogens is 1. The largest absolute Gasteiger partial charge is 0.396 e. The minimum atomic E-state index is -0.322. The molecule has 1 saturated heterocycles. The summed E-state index contributed by atoms with van der Waals surface area (Å²) >= 11 is 0. The highest BCUT2D eigenvalue weighted by atomic mass is 16.3. The Morgan fingerprint density at radius 1 is 1.26 bits per heavy atom. The number of rotatable bonds is 4. The van der Waals surface area contributed by atoms with Crippen molar-refractivity contribution < 1.29 is 9.90 Å². The van der Waals surface area contributed by atoms with Gasteiger partial charge in [0.1, 0.15) is 0 Å². The van der Waals surface area contributed by atoms with Crippen molar-refractivity contribution in [1.29, 1.82) is 5.26 Å². The van der Waals surface area contributed by atoms with E-state index >= 15 is 0 Å². The van der Waals surface area contributed by atoms with Crippen LogP contribution >= 0.6 is 0 Å². The second-order valence-corrected chi connectivity index (χ2v) is 9.02. The quantitative estimate of drug-likeness (QED) is 0.819. The summed E-state index contributed by atoms with van der Waals surface area (Å²) in [4.78, 5) is 19.1. The van der Waals surface area contributed by atoms with E-state index in [1.54, 1.807) is 6.20 Å². The molecule has 4 rings (SSSR count). The van der Waals surface area contributed by atoms with Crippen molar-refractivity contribution in [2.45, 2.75) is 26.3 Å². The number of likely N-dealkylation sites (tertiary alicyclic amines) is 1. The van der Waals surface area contributed by atoms with Crippen LogP contribution < -0.4 is 0 Å². The van der Waals surface area contributed by atoms with Gasteiger partial charge in [-0.05, 0) is 48.3 Å². The van der Waals surface area contributed by atoms with E-state index in [1.165, 1.54) is 0 Å². The first-order valence-electron chi connectivity index (χ1n) is 11.0. The molecule has 31 heavy (non-hydrogen) atoms. The molecule has 1 N–H and O–H groups in total. The molecule has 1 saturated carbocycles. The minimum Gasteiger partial charge on any atom is -0.396 e. The molecule has 6 atom stereocenters. The maximum Gasteiger partial charge on any atom is 0.228 e. The second-order valence-electron chi connectivity index (χ2n) is 9.02. The molecule has 160 valence electrons. The van der Waals surface area contributed by atoms with Crippen LogP contribution in [0.3, 0.4) is 0 Å². The Morgan fingerprint density at radius 3 is 2.71 bits per heavy atom. The van der Waals surface area contributed by atoms with Gasteiger partial charge in [-0.25, -0.2) is 0 Å². The zero-order valence-electron chi connectivity index (χ0n) is 18.3. The van der Waals surface area contributed by atoms with Crippen LogP contribution in [0.15, 0.2) is 48.7 Å². The molecule has 2 aromatic rings. The van der Waals surface area contributed by atoms with Crippen LogP contribution in [-0.2, 0) is 4.79 Å². The number of nitrogens with zero attached hydrogens (tertiary/aromatic N) is 3. The SMILES string of the molecule is C[C@H]1[C@H](/C=C/c2ccc(-c3ccccc3C#N)cn2)[C@H]2[C@@H](C[C@@H]1C)N(C)C(=O)[C@@H]2CO. The van der Waals surface area contributed by atoms with Crippen LogP contribution in [0.5, 0.6) is 0 Å². The molecule has 1 aliphatic carbocycles. The van der Waals surface area contributed by atoms with Crippen molar-refractivity contribution in [2.24, 2.45) is 29.6 Å². The Morgan fingerprint density at radius 2 is 2.03 bits per heavy atom. The fourth-order valence-corrected chi connectivity index (χ4v) is 5.49. The van der Waals surface area contributed by atoms with Crippen LogP contribution in [0, 0.1) is 40.9 Å². The third kappa shape index (κ3) is 3.77. The van der Waals surface area contributed by atoms with Crippen molar-refractivity contribution in [1.82, 2.24) is 9.88 Å². The number of aliphatic hydroxyl groups excluding tert-OH is 1. The molecule has 5 nitrogen and oxygen atoms in total. The molecule has 2 aliphatic rings. The van der Waals surface area contributed by atoms with Crippen LogP contribution in [0.25, 0.3) is 17.2 Å². The summed E-state index contributed by atoms with van der Waals surface area (Å²) in [6, 6.07) is 13.9. The van der Waals surface area contributed by atoms with Gasteiger partial charge >= 0.3 is 0 Å². The predicted molar refractivity (Wildman–Crippen MR) is 120 cm³/mol. The van der Waals surface area contributed by atoms with Crippen molar-refractivity contribution in [3.63, 3.8) is 0 Å². The summed E-state index contributed by atoms with van der Waals surface area (Å²) < 4.78 is 0. The third-order valence-corrected chi connectivity index (χ3v) is 7.46. The summed E-state index contributed by atoms with van der Waals surface area (Å²) in [5.41, 5.74) is 3.27. The fraction of sp³-hybridized carbons (Fsp3) is 0.423. The van der Waals surface area contributed by atoms with Gasteiger partial charge < -0.3 is 10.0 Å². The summed E-state index contributed by atoms with van der Waals surface area (Å²) in [5.74, 6) is 1.01. The first-order valence-corrected chi connectivity index (χ1v) is 11.0. The van der Waals surface area contributed by atoms with Gasteiger partial charge in [0.2, 0.25) is 5.91 Å². The van der Waals surface area contributed by atoms with Gasteiger partial charge in [0.25, 0.3) is 0 Å². The van der Waals surface area contributed by atoms with Crippen molar-refractivity contribution >= 4 is 12.0 Å². The Hall–Kier alpha value is -2.97. The molecule has 1 aromatic heterocycles. The van der Waals surface area contributed by atoms with E-state index < -0.39 is 0 Å². The summed E-state index contributed by atoms with van der Waals surface area (Å²) in [5, 5.41) is 19.3. The number of fused-ring (bicyclic) bond motifs is 1. The number of hydrogen-bond acceptors (Lipinski definition) is 4. The van der Waals surface area contributed by atoms with E-state index in [0.29, 0.717) is 17.4 Å². The molecule has 0 bridgehead atoms. The molecule has 0 radical (unpaired) electrons. The lowest BCUT2D eigenvalue weighted by Crippen LogP contribution is -2.44. The first kappa shape index (κ1) is 21.3. The van der Waals surface area contributed by atoms with Crippen molar-refractivity contribution in [3.8, 4) is 17.2 Å². The molecule has 1 aliphatic heterocycles. The van der Waals surface area contributed by atoms with Gasteiger partial charge in [0.15, 0.2) is 0 Å². The van der Waals surface area contributed by atoms with Crippen LogP contribution in [-0.4, -0.2) is 40.6 Å². The molecule has 1 amide bonds. The Bertz CT molecular complexity index is 1020. The number of aliphatic hydroxyl groups is 1. The predicted octanol–water partition coefficient (Wildman–Crippen LogP) is 3.99. The average molecular weight is 416 g/mol.